The average molecular weight is 652 g/mol. The van der Waals surface area contributed by atoms with E-state index in [0.29, 0.717) is 0 Å². The molecule has 0 amide bonds. The predicted octanol–water partition coefficient (Wildman–Crippen LogP) is -10.1. The fraction of sp³-hybridized carbons (Fsp3) is 0. The van der Waals surface area contributed by atoms with E-state index in [-0.39, 0.29) is 0 Å². The minimum atomic E-state index is -5.11. The first-order valence-corrected chi connectivity index (χ1v) is 16.0. The SMILES string of the molecule is O=[N+]([O-])O.O[Si](O)(O)F.O[Si](O)(O)F.O[Si](O)(O)F.O[Si](O)(O)F.O[Si](O)(O)F.O[Si](O)(O)F. The number of nitrogens with zero attached hydrogens (tertiary/aromatic N) is 1. The maximum atomic E-state index is 10.5. The molecule has 0 spiro atoms. The molecule has 22 nitrogen and oxygen atoms in total. The Labute approximate surface area is 187 Å². The van der Waals surface area contributed by atoms with Crippen LogP contribution in [0.1, 0.15) is 0 Å². The lowest BCUT2D eigenvalue weighted by Gasteiger charge is -1.88. The van der Waals surface area contributed by atoms with Crippen molar-refractivity contribution in [1.82, 2.24) is 0 Å². The Balaban J connectivity index is -0.0000000501. The summed E-state index contributed by atoms with van der Waals surface area (Å²) in [6, 6.07) is 0. The summed E-state index contributed by atoms with van der Waals surface area (Å²) >= 11 is 0. The van der Waals surface area contributed by atoms with Gasteiger partial charge in [-0.05, 0) is 0 Å². The maximum absolute atomic E-state index is 10.5. The Kier molecular flexibility index (Phi) is 32.0. The van der Waals surface area contributed by atoms with Crippen LogP contribution in [0.4, 0.5) is 24.6 Å². The molecule has 0 aromatic carbocycles. The summed E-state index contributed by atoms with van der Waals surface area (Å²) in [7, 11) is -30.7. The van der Waals surface area contributed by atoms with Crippen LogP contribution in [-0.4, -0.2) is 151 Å². The van der Waals surface area contributed by atoms with Crippen LogP contribution >= 0.6 is 0 Å². The van der Waals surface area contributed by atoms with Gasteiger partial charge in [0.05, 0.1) is 0 Å². The lowest BCUT2D eigenvalue weighted by molar-refractivity contribution is -0.742. The molecule has 0 aliphatic heterocycles. The zero-order valence-corrected chi connectivity index (χ0v) is 21.0. The van der Waals surface area contributed by atoms with E-state index < -0.39 is 59.9 Å². The van der Waals surface area contributed by atoms with Gasteiger partial charge >= 0.3 is 54.8 Å². The van der Waals surface area contributed by atoms with Crippen LogP contribution in [0.2, 0.25) is 0 Å². The van der Waals surface area contributed by atoms with E-state index in [4.69, 9.17) is 102 Å². The van der Waals surface area contributed by atoms with Gasteiger partial charge in [0.2, 0.25) is 0 Å². The van der Waals surface area contributed by atoms with Crippen LogP contribution < -0.4 is 0 Å². The van der Waals surface area contributed by atoms with Crippen molar-refractivity contribution in [3.05, 3.63) is 10.1 Å². The summed E-state index contributed by atoms with van der Waals surface area (Å²) < 4.78 is 63.0. The van der Waals surface area contributed by atoms with Crippen molar-refractivity contribution in [3.8, 4) is 0 Å². The van der Waals surface area contributed by atoms with Crippen molar-refractivity contribution in [2.75, 3.05) is 0 Å². The number of hydrogen-bond acceptors (Lipinski definition) is 20. The van der Waals surface area contributed by atoms with Gasteiger partial charge in [-0.25, -0.2) is 24.6 Å². The van der Waals surface area contributed by atoms with Gasteiger partial charge in [-0.2, -0.15) is 0 Å². The molecule has 0 saturated heterocycles. The predicted molar refractivity (Wildman–Crippen MR) is 89.9 cm³/mol. The smallest absolute Gasteiger partial charge is 0.365 e. The zero-order valence-electron chi connectivity index (χ0n) is 15.0. The van der Waals surface area contributed by atoms with E-state index in [1.54, 1.807) is 0 Å². The first kappa shape index (κ1) is 50.3. The van der Waals surface area contributed by atoms with Gasteiger partial charge < -0.3 is 91.5 Å². The summed E-state index contributed by atoms with van der Waals surface area (Å²) in [5.74, 6) is 0. The molecule has 0 saturated carbocycles. The Morgan fingerprint density at radius 1 is 0.382 bits per heavy atom. The van der Waals surface area contributed by atoms with Crippen molar-refractivity contribution < 1.29 is 121 Å². The molecule has 0 bridgehead atoms. The van der Waals surface area contributed by atoms with Crippen LogP contribution in [0.3, 0.4) is 0 Å². The van der Waals surface area contributed by atoms with Crippen molar-refractivity contribution in [2.24, 2.45) is 0 Å². The second-order valence-corrected chi connectivity index (χ2v) is 10.2. The Morgan fingerprint density at radius 2 is 0.382 bits per heavy atom. The van der Waals surface area contributed by atoms with E-state index in [1.807, 2.05) is 0 Å². The number of halogens is 6. The van der Waals surface area contributed by atoms with Crippen LogP contribution in [0, 0.1) is 10.1 Å². The molecule has 0 aromatic rings. The number of rotatable bonds is 0. The molecule has 0 heterocycles. The molecule has 0 aromatic heterocycles. The highest BCUT2D eigenvalue weighted by Gasteiger charge is 2.28. The van der Waals surface area contributed by atoms with Gasteiger partial charge in [-0.1, -0.05) is 0 Å². The summed E-state index contributed by atoms with van der Waals surface area (Å²) in [5.41, 5.74) is 0. The highest BCUT2D eigenvalue weighted by atomic mass is 28.4. The quantitative estimate of drug-likeness (QED) is 0.0380. The van der Waals surface area contributed by atoms with Gasteiger partial charge in [0.15, 0.2) is 0 Å². The van der Waals surface area contributed by atoms with Crippen molar-refractivity contribution in [2.45, 2.75) is 0 Å². The van der Waals surface area contributed by atoms with E-state index in [2.05, 4.69) is 0 Å². The largest absolute Gasteiger partial charge is 0.711 e. The molecule has 19 N–H and O–H groups in total. The minimum Gasteiger partial charge on any atom is -0.365 e. The third-order valence-corrected chi connectivity index (χ3v) is 0. The molecule has 34 heavy (non-hydrogen) atoms. The second kappa shape index (κ2) is 21.6. The summed E-state index contributed by atoms with van der Waals surface area (Å²) in [6.45, 7) is 0. The molecular formula is H19F6NO21Si6. The van der Waals surface area contributed by atoms with Gasteiger partial charge in [0.25, 0.3) is 5.09 Å². The average Bonchev–Trinajstić information content (AvgIpc) is 2.08. The third kappa shape index (κ3) is 70900. The van der Waals surface area contributed by atoms with E-state index in [9.17, 15) is 24.6 Å². The fourth-order valence-corrected chi connectivity index (χ4v) is 0. The van der Waals surface area contributed by atoms with Gasteiger partial charge in [-0.15, -0.1) is 10.1 Å². The van der Waals surface area contributed by atoms with E-state index in [1.165, 1.54) is 0 Å². The Morgan fingerprint density at radius 3 is 0.382 bits per heavy atom. The normalized spacial score (nSPS) is 11.3. The Hall–Kier alpha value is -0.639. The maximum Gasteiger partial charge on any atom is 0.711 e. The fourth-order valence-electron chi connectivity index (χ4n) is 0. The number of hydrogen-bond donors (Lipinski definition) is 19. The van der Waals surface area contributed by atoms with Crippen LogP contribution in [-0.2, 0) is 0 Å². The molecule has 0 aliphatic rings. The van der Waals surface area contributed by atoms with Crippen molar-refractivity contribution in [3.63, 3.8) is 0 Å². The lowest BCUT2D eigenvalue weighted by Crippen LogP contribution is -2.27. The first-order chi connectivity index (χ1) is 13.7. The minimum absolute atomic E-state index is 1.50. The second-order valence-electron chi connectivity index (χ2n) is 3.56. The molecule has 0 fully saturated rings. The van der Waals surface area contributed by atoms with Gasteiger partial charge in [-0.3, -0.25) is 0 Å². The standard InChI is InChI=1S/6FH3O3Si.HNO3/c6*1-5(2,3)4;2-1(3)4/h6*2-4H;(H,2,3,4). The van der Waals surface area contributed by atoms with Gasteiger partial charge in [0, 0.05) is 0 Å². The lowest BCUT2D eigenvalue weighted by atomic mass is 13.1. The Bertz CT molecular complexity index is 309. The molecule has 0 unspecified atom stereocenters. The molecular weight excluding hydrogens is 632 g/mol. The molecule has 216 valence electrons. The van der Waals surface area contributed by atoms with Crippen LogP contribution in [0.15, 0.2) is 0 Å². The van der Waals surface area contributed by atoms with Crippen LogP contribution in [0.25, 0.3) is 0 Å². The topological polar surface area (TPSA) is 428 Å². The molecule has 34 heteroatoms. The highest BCUT2D eigenvalue weighted by molar-refractivity contribution is 6.49. The molecule has 0 radical (unpaired) electrons. The van der Waals surface area contributed by atoms with Gasteiger partial charge in [0.1, 0.15) is 0 Å². The summed E-state index contributed by atoms with van der Waals surface area (Å²) in [6.07, 6.45) is 0. The third-order valence-electron chi connectivity index (χ3n) is 0. The van der Waals surface area contributed by atoms with E-state index >= 15 is 0 Å². The highest BCUT2D eigenvalue weighted by Crippen LogP contribution is 1.82. The zero-order chi connectivity index (χ0) is 30.6. The van der Waals surface area contributed by atoms with Crippen molar-refractivity contribution in [1.29, 1.82) is 0 Å². The first-order valence-electron chi connectivity index (χ1n) is 5.72. The van der Waals surface area contributed by atoms with Crippen molar-refractivity contribution >= 4 is 54.8 Å². The molecule has 0 aliphatic carbocycles. The molecule has 0 atom stereocenters. The van der Waals surface area contributed by atoms with Crippen LogP contribution in [0.5, 0.6) is 0 Å². The van der Waals surface area contributed by atoms with E-state index in [0.717, 1.165) is 0 Å². The summed E-state index contributed by atoms with van der Waals surface area (Å²) in [5, 5.41) is 13.6. The summed E-state index contributed by atoms with van der Waals surface area (Å²) in [4.78, 5) is 136. The molecule has 0 rings (SSSR count). The monoisotopic (exact) mass is 651 g/mol.